The van der Waals surface area contributed by atoms with Crippen LogP contribution in [0.4, 0.5) is 0 Å². The molecule has 1 aliphatic heterocycles. The Morgan fingerprint density at radius 2 is 1.62 bits per heavy atom. The number of aliphatic hydroxyl groups is 2. The van der Waals surface area contributed by atoms with Gasteiger partial charge in [-0.1, -0.05) is 0 Å². The first kappa shape index (κ1) is 18.6. The van der Waals surface area contributed by atoms with Crippen molar-refractivity contribution in [2.75, 3.05) is 13.7 Å². The Balaban J connectivity index is 2.91. The monoisotopic (exact) mass is 354 g/mol. The van der Waals surface area contributed by atoms with E-state index >= 15 is 0 Å². The molecule has 14 heteroatoms. The fraction of sp³-hybridized carbons (Fsp3) is 1.00. The Bertz CT molecular complexity index is 540. The zero-order chi connectivity index (χ0) is 16.4. The van der Waals surface area contributed by atoms with Crippen LogP contribution in [0.25, 0.3) is 0 Å². The van der Waals surface area contributed by atoms with Crippen LogP contribution >= 0.6 is 0 Å². The zero-order valence-corrected chi connectivity index (χ0v) is 12.1. The maximum atomic E-state index is 10.7. The molecule has 0 aromatic heterocycles. The summed E-state index contributed by atoms with van der Waals surface area (Å²) in [7, 11) is -8.80. The Morgan fingerprint density at radius 1 is 1.05 bits per heavy atom. The topological polar surface area (TPSA) is 186 Å². The largest absolute Gasteiger partial charge is 0.397 e. The van der Waals surface area contributed by atoms with Crippen LogP contribution in [0.5, 0.6) is 0 Å². The second-order valence-corrected chi connectivity index (χ2v) is 6.10. The van der Waals surface area contributed by atoms with Crippen molar-refractivity contribution >= 4 is 20.8 Å². The molecule has 4 N–H and O–H groups in total. The van der Waals surface area contributed by atoms with E-state index < -0.39 is 58.1 Å². The molecule has 1 saturated heterocycles. The molecule has 0 spiro atoms. The second kappa shape index (κ2) is 6.78. The summed E-state index contributed by atoms with van der Waals surface area (Å²) >= 11 is 0. The van der Waals surface area contributed by atoms with Crippen LogP contribution in [-0.4, -0.2) is 80.6 Å². The standard InChI is InChI=1S/C7H14O12S2/c1-16-7-5(9)6(19-21(13,14)15)4(8)3(18-7)2-17-20(10,11)12/h3-9H,2H2,1H3,(H,10,11,12)(H,13,14,15)/t3-,4+,5-,6+,7-/m1/s1. The van der Waals surface area contributed by atoms with Gasteiger partial charge in [0.15, 0.2) is 6.29 Å². The molecule has 1 heterocycles. The van der Waals surface area contributed by atoms with Gasteiger partial charge in [-0.15, -0.1) is 0 Å². The summed E-state index contributed by atoms with van der Waals surface area (Å²) in [6.45, 7) is -0.919. The second-order valence-electron chi connectivity index (χ2n) is 3.96. The molecule has 1 fully saturated rings. The number of ether oxygens (including phenoxy) is 2. The maximum Gasteiger partial charge on any atom is 0.397 e. The first-order valence-corrected chi connectivity index (χ1v) is 7.99. The summed E-state index contributed by atoms with van der Waals surface area (Å²) < 4.78 is 76.9. The lowest BCUT2D eigenvalue weighted by atomic mass is 9.99. The lowest BCUT2D eigenvalue weighted by Gasteiger charge is -2.40. The predicted octanol–water partition coefficient (Wildman–Crippen LogP) is -2.91. The molecule has 1 rings (SSSR count). The van der Waals surface area contributed by atoms with Crippen molar-refractivity contribution in [3.05, 3.63) is 0 Å². The summed E-state index contributed by atoms with van der Waals surface area (Å²) in [4.78, 5) is 0. The Labute approximate surface area is 120 Å². The van der Waals surface area contributed by atoms with Gasteiger partial charge in [-0.2, -0.15) is 16.8 Å². The van der Waals surface area contributed by atoms with E-state index in [4.69, 9.17) is 13.8 Å². The molecule has 5 atom stereocenters. The van der Waals surface area contributed by atoms with Gasteiger partial charge in [-0.3, -0.25) is 9.11 Å². The van der Waals surface area contributed by atoms with E-state index in [0.29, 0.717) is 0 Å². The lowest BCUT2D eigenvalue weighted by Crippen LogP contribution is -2.60. The summed E-state index contributed by atoms with van der Waals surface area (Å²) in [5.41, 5.74) is 0. The molecule has 0 bridgehead atoms. The SMILES string of the molecule is CO[C@@H]1O[C@H](COS(=O)(=O)O)[C@H](O)[C@H](OS(=O)(=O)O)[C@H]1O. The van der Waals surface area contributed by atoms with E-state index in [1.807, 2.05) is 0 Å². The minimum absolute atomic E-state index is 0.919. The van der Waals surface area contributed by atoms with Crippen LogP contribution in [0.2, 0.25) is 0 Å². The van der Waals surface area contributed by atoms with Gasteiger partial charge in [0.25, 0.3) is 0 Å². The van der Waals surface area contributed by atoms with Gasteiger partial charge in [0.1, 0.15) is 24.4 Å². The third-order valence-corrected chi connectivity index (χ3v) is 3.39. The van der Waals surface area contributed by atoms with E-state index in [1.165, 1.54) is 0 Å². The summed E-state index contributed by atoms with van der Waals surface area (Å²) in [5, 5.41) is 19.5. The van der Waals surface area contributed by atoms with Crippen molar-refractivity contribution in [3.63, 3.8) is 0 Å². The zero-order valence-electron chi connectivity index (χ0n) is 10.5. The van der Waals surface area contributed by atoms with Crippen LogP contribution < -0.4 is 0 Å². The Morgan fingerprint density at radius 3 is 2.05 bits per heavy atom. The minimum atomic E-state index is -5.03. The molecule has 0 aromatic carbocycles. The highest BCUT2D eigenvalue weighted by molar-refractivity contribution is 7.81. The third kappa shape index (κ3) is 5.70. The smallest absolute Gasteiger partial charge is 0.387 e. The van der Waals surface area contributed by atoms with Crippen LogP contribution in [0.3, 0.4) is 0 Å². The first-order chi connectivity index (χ1) is 9.44. The molecule has 126 valence electrons. The Kier molecular flexibility index (Phi) is 6.01. The summed E-state index contributed by atoms with van der Waals surface area (Å²) in [5.74, 6) is 0. The highest BCUT2D eigenvalue weighted by Gasteiger charge is 2.48. The third-order valence-electron chi connectivity index (χ3n) is 2.49. The van der Waals surface area contributed by atoms with Crippen molar-refractivity contribution in [2.45, 2.75) is 30.7 Å². The number of aliphatic hydroxyl groups excluding tert-OH is 2. The lowest BCUT2D eigenvalue weighted by molar-refractivity contribution is -0.289. The Hall–Kier alpha value is -0.420. The van der Waals surface area contributed by atoms with E-state index in [0.717, 1.165) is 7.11 Å². The molecule has 0 amide bonds. The fourth-order valence-corrected chi connectivity index (χ4v) is 2.46. The van der Waals surface area contributed by atoms with Crippen molar-refractivity contribution in [1.82, 2.24) is 0 Å². The number of hydrogen-bond donors (Lipinski definition) is 4. The molecule has 0 aromatic rings. The van der Waals surface area contributed by atoms with Gasteiger partial charge in [-0.25, -0.2) is 8.37 Å². The van der Waals surface area contributed by atoms with Crippen LogP contribution in [0, 0.1) is 0 Å². The quantitative estimate of drug-likeness (QED) is 0.357. The number of methoxy groups -OCH3 is 1. The molecule has 12 nitrogen and oxygen atoms in total. The van der Waals surface area contributed by atoms with E-state index in [9.17, 15) is 27.0 Å². The van der Waals surface area contributed by atoms with Gasteiger partial charge in [0.05, 0.1) is 6.61 Å². The molecule has 21 heavy (non-hydrogen) atoms. The van der Waals surface area contributed by atoms with Crippen molar-refractivity contribution < 1.29 is 54.0 Å². The van der Waals surface area contributed by atoms with Gasteiger partial charge in [0, 0.05) is 7.11 Å². The first-order valence-electron chi connectivity index (χ1n) is 5.26. The molecule has 0 aliphatic carbocycles. The number of hydrogen-bond acceptors (Lipinski definition) is 10. The molecule has 0 unspecified atom stereocenters. The van der Waals surface area contributed by atoms with Gasteiger partial charge < -0.3 is 19.7 Å². The minimum Gasteiger partial charge on any atom is -0.387 e. The normalized spacial score (nSPS) is 34.8. The van der Waals surface area contributed by atoms with Crippen molar-refractivity contribution in [3.8, 4) is 0 Å². The summed E-state index contributed by atoms with van der Waals surface area (Å²) in [6, 6.07) is 0. The van der Waals surface area contributed by atoms with E-state index in [1.54, 1.807) is 0 Å². The van der Waals surface area contributed by atoms with Crippen LogP contribution in [0.15, 0.2) is 0 Å². The molecular formula is C7H14O12S2. The molecule has 1 aliphatic rings. The van der Waals surface area contributed by atoms with Gasteiger partial charge in [-0.05, 0) is 0 Å². The van der Waals surface area contributed by atoms with Gasteiger partial charge in [0.2, 0.25) is 0 Å². The number of rotatable bonds is 6. The van der Waals surface area contributed by atoms with E-state index in [2.05, 4.69) is 13.1 Å². The summed E-state index contributed by atoms with van der Waals surface area (Å²) in [6.07, 6.45) is -8.67. The molecule has 0 saturated carbocycles. The molecular weight excluding hydrogens is 340 g/mol. The average molecular weight is 354 g/mol. The average Bonchev–Trinajstić information content (AvgIpc) is 2.31. The highest BCUT2D eigenvalue weighted by Crippen LogP contribution is 2.25. The van der Waals surface area contributed by atoms with Crippen molar-refractivity contribution in [1.29, 1.82) is 0 Å². The van der Waals surface area contributed by atoms with E-state index in [-0.39, 0.29) is 0 Å². The maximum absolute atomic E-state index is 10.7. The van der Waals surface area contributed by atoms with Gasteiger partial charge >= 0.3 is 20.8 Å². The highest BCUT2D eigenvalue weighted by atomic mass is 32.3. The van der Waals surface area contributed by atoms with Crippen LogP contribution in [-0.2, 0) is 38.6 Å². The predicted molar refractivity (Wildman–Crippen MR) is 61.6 cm³/mol. The van der Waals surface area contributed by atoms with Crippen LogP contribution in [0.1, 0.15) is 0 Å². The molecule has 0 radical (unpaired) electrons. The fourth-order valence-electron chi connectivity index (χ4n) is 1.64. The van der Waals surface area contributed by atoms with Crippen molar-refractivity contribution in [2.24, 2.45) is 0 Å².